The van der Waals surface area contributed by atoms with Crippen LogP contribution in [0.25, 0.3) is 11.3 Å². The normalized spacial score (nSPS) is 10.2. The largest absolute Gasteiger partial charge is 0.361 e. The summed E-state index contributed by atoms with van der Waals surface area (Å²) in [4.78, 5) is 16.8. The highest BCUT2D eigenvalue weighted by atomic mass is 16.1. The molecule has 0 aliphatic heterocycles. The van der Waals surface area contributed by atoms with Crippen LogP contribution in [0.3, 0.4) is 0 Å². The van der Waals surface area contributed by atoms with Gasteiger partial charge in [-0.05, 0) is 25.1 Å². The van der Waals surface area contributed by atoms with Gasteiger partial charge < -0.3 is 9.97 Å². The molecule has 2 rings (SSSR count). The summed E-state index contributed by atoms with van der Waals surface area (Å²) in [7, 11) is 0. The molecule has 2 N–H and O–H groups in total. The van der Waals surface area contributed by atoms with Crippen LogP contribution in [0.4, 0.5) is 0 Å². The smallest absolute Gasteiger partial charge is 0.250 e. The van der Waals surface area contributed by atoms with E-state index in [1.165, 1.54) is 0 Å². The fourth-order valence-corrected chi connectivity index (χ4v) is 1.26. The van der Waals surface area contributed by atoms with Crippen LogP contribution < -0.4 is 5.56 Å². The van der Waals surface area contributed by atoms with Crippen molar-refractivity contribution in [2.75, 3.05) is 0 Å². The van der Waals surface area contributed by atoms with E-state index in [9.17, 15) is 4.79 Å². The summed E-state index contributed by atoms with van der Waals surface area (Å²) in [6.07, 6.45) is 3.57. The minimum atomic E-state index is -0.0321. The van der Waals surface area contributed by atoms with Crippen molar-refractivity contribution in [2.45, 2.75) is 6.92 Å². The van der Waals surface area contributed by atoms with Gasteiger partial charge in [-0.2, -0.15) is 0 Å². The van der Waals surface area contributed by atoms with E-state index in [4.69, 9.17) is 0 Å². The molecule has 0 aliphatic carbocycles. The molecular weight excluding hydrogens is 164 g/mol. The standard InChI is InChI=1S/C10H10N2O/c1-7-5-8(6-12-10(7)13)9-3-2-4-11-9/h2-6,11H,1H3,(H,12,13). The monoisotopic (exact) mass is 174 g/mol. The number of aromatic nitrogens is 2. The molecule has 0 aliphatic rings. The Morgan fingerprint density at radius 1 is 1.31 bits per heavy atom. The summed E-state index contributed by atoms with van der Waals surface area (Å²) in [6.45, 7) is 1.80. The molecule has 2 aromatic heterocycles. The highest BCUT2D eigenvalue weighted by Crippen LogP contribution is 2.14. The van der Waals surface area contributed by atoms with Crippen molar-refractivity contribution in [3.05, 3.63) is 46.5 Å². The fourth-order valence-electron chi connectivity index (χ4n) is 1.26. The highest BCUT2D eigenvalue weighted by Gasteiger charge is 1.99. The van der Waals surface area contributed by atoms with Gasteiger partial charge in [0, 0.05) is 29.2 Å². The van der Waals surface area contributed by atoms with E-state index in [1.807, 2.05) is 24.4 Å². The van der Waals surface area contributed by atoms with E-state index in [2.05, 4.69) is 9.97 Å². The number of nitrogens with one attached hydrogen (secondary N) is 2. The Morgan fingerprint density at radius 2 is 2.15 bits per heavy atom. The average molecular weight is 174 g/mol. The molecule has 66 valence electrons. The van der Waals surface area contributed by atoms with Crippen LogP contribution in [0, 0.1) is 6.92 Å². The van der Waals surface area contributed by atoms with Crippen molar-refractivity contribution in [3.8, 4) is 11.3 Å². The predicted octanol–water partition coefficient (Wildman–Crippen LogP) is 1.68. The molecule has 0 amide bonds. The van der Waals surface area contributed by atoms with Gasteiger partial charge >= 0.3 is 0 Å². The van der Waals surface area contributed by atoms with Gasteiger partial charge in [-0.1, -0.05) is 0 Å². The van der Waals surface area contributed by atoms with Crippen molar-refractivity contribution < 1.29 is 0 Å². The second kappa shape index (κ2) is 2.94. The summed E-state index contributed by atoms with van der Waals surface area (Å²) >= 11 is 0. The lowest BCUT2D eigenvalue weighted by Gasteiger charge is -1.98. The molecule has 3 nitrogen and oxygen atoms in total. The van der Waals surface area contributed by atoms with Crippen LogP contribution in [0.5, 0.6) is 0 Å². The van der Waals surface area contributed by atoms with Crippen LogP contribution in [0.2, 0.25) is 0 Å². The molecule has 0 aromatic carbocycles. The Kier molecular flexibility index (Phi) is 1.77. The first-order valence-electron chi connectivity index (χ1n) is 4.10. The molecule has 0 fully saturated rings. The molecule has 2 aromatic rings. The van der Waals surface area contributed by atoms with E-state index in [-0.39, 0.29) is 5.56 Å². The van der Waals surface area contributed by atoms with Crippen molar-refractivity contribution in [3.63, 3.8) is 0 Å². The molecule has 13 heavy (non-hydrogen) atoms. The number of rotatable bonds is 1. The molecular formula is C10H10N2O. The van der Waals surface area contributed by atoms with E-state index >= 15 is 0 Å². The number of hydrogen-bond acceptors (Lipinski definition) is 1. The number of hydrogen-bond donors (Lipinski definition) is 2. The third kappa shape index (κ3) is 1.40. The minimum Gasteiger partial charge on any atom is -0.361 e. The lowest BCUT2D eigenvalue weighted by Crippen LogP contribution is -2.07. The van der Waals surface area contributed by atoms with Crippen LogP contribution in [-0.2, 0) is 0 Å². The quantitative estimate of drug-likeness (QED) is 0.678. The van der Waals surface area contributed by atoms with Crippen LogP contribution >= 0.6 is 0 Å². The molecule has 3 heteroatoms. The van der Waals surface area contributed by atoms with E-state index in [0.717, 1.165) is 16.8 Å². The molecule has 0 saturated carbocycles. The summed E-state index contributed by atoms with van der Waals surface area (Å²) in [5.41, 5.74) is 2.71. The number of aromatic amines is 2. The van der Waals surface area contributed by atoms with E-state index in [1.54, 1.807) is 13.1 Å². The third-order valence-electron chi connectivity index (χ3n) is 2.00. The van der Waals surface area contributed by atoms with Crippen LogP contribution in [0.15, 0.2) is 35.4 Å². The first kappa shape index (κ1) is 7.86. The Balaban J connectivity index is 2.55. The van der Waals surface area contributed by atoms with E-state index < -0.39 is 0 Å². The lowest BCUT2D eigenvalue weighted by atomic mass is 10.2. The SMILES string of the molecule is Cc1cc(-c2ccc[nH]2)c[nH]c1=O. The maximum absolute atomic E-state index is 11.1. The molecule has 0 spiro atoms. The number of aryl methyl sites for hydroxylation is 1. The maximum atomic E-state index is 11.1. The van der Waals surface area contributed by atoms with Gasteiger partial charge in [-0.25, -0.2) is 0 Å². The van der Waals surface area contributed by atoms with Crippen molar-refractivity contribution in [2.24, 2.45) is 0 Å². The van der Waals surface area contributed by atoms with E-state index in [0.29, 0.717) is 0 Å². The van der Waals surface area contributed by atoms with Crippen LogP contribution in [0.1, 0.15) is 5.56 Å². The van der Waals surface area contributed by atoms with Crippen molar-refractivity contribution in [1.82, 2.24) is 9.97 Å². The first-order valence-corrected chi connectivity index (χ1v) is 4.10. The molecule has 0 bridgehead atoms. The predicted molar refractivity (Wildman–Crippen MR) is 51.6 cm³/mol. The number of H-pyrrole nitrogens is 2. The van der Waals surface area contributed by atoms with Crippen LogP contribution in [-0.4, -0.2) is 9.97 Å². The Morgan fingerprint density at radius 3 is 2.77 bits per heavy atom. The Hall–Kier alpha value is -1.77. The van der Waals surface area contributed by atoms with Gasteiger partial charge in [-0.15, -0.1) is 0 Å². The van der Waals surface area contributed by atoms with Gasteiger partial charge in [0.15, 0.2) is 0 Å². The molecule has 0 radical (unpaired) electrons. The van der Waals surface area contributed by atoms with Gasteiger partial charge in [0.25, 0.3) is 5.56 Å². The molecule has 0 unspecified atom stereocenters. The van der Waals surface area contributed by atoms with Gasteiger partial charge in [0.2, 0.25) is 0 Å². The fraction of sp³-hybridized carbons (Fsp3) is 0.100. The molecule has 2 heterocycles. The summed E-state index contributed by atoms with van der Waals surface area (Å²) in [6, 6.07) is 5.76. The highest BCUT2D eigenvalue weighted by molar-refractivity contribution is 5.58. The maximum Gasteiger partial charge on any atom is 0.250 e. The topological polar surface area (TPSA) is 48.6 Å². The van der Waals surface area contributed by atoms with Gasteiger partial charge in [0.1, 0.15) is 0 Å². The Bertz CT molecular complexity index is 454. The second-order valence-corrected chi connectivity index (χ2v) is 2.98. The summed E-state index contributed by atoms with van der Waals surface area (Å²) in [5.74, 6) is 0. The number of pyridine rings is 1. The zero-order valence-corrected chi connectivity index (χ0v) is 7.29. The lowest BCUT2D eigenvalue weighted by molar-refractivity contribution is 1.18. The zero-order valence-electron chi connectivity index (χ0n) is 7.29. The Labute approximate surface area is 75.4 Å². The second-order valence-electron chi connectivity index (χ2n) is 2.98. The summed E-state index contributed by atoms with van der Waals surface area (Å²) < 4.78 is 0. The first-order chi connectivity index (χ1) is 6.27. The molecule has 0 atom stereocenters. The van der Waals surface area contributed by atoms with Gasteiger partial charge in [-0.3, -0.25) is 4.79 Å². The summed E-state index contributed by atoms with van der Waals surface area (Å²) in [5, 5.41) is 0. The van der Waals surface area contributed by atoms with Gasteiger partial charge in [0.05, 0.1) is 0 Å². The van der Waals surface area contributed by atoms with Crippen molar-refractivity contribution >= 4 is 0 Å². The minimum absolute atomic E-state index is 0.0321. The third-order valence-corrected chi connectivity index (χ3v) is 2.00. The molecule has 0 saturated heterocycles. The average Bonchev–Trinajstić information content (AvgIpc) is 2.62. The van der Waals surface area contributed by atoms with Crippen molar-refractivity contribution in [1.29, 1.82) is 0 Å². The zero-order chi connectivity index (χ0) is 9.26.